The first-order chi connectivity index (χ1) is 6.70. The van der Waals surface area contributed by atoms with Crippen molar-refractivity contribution in [3.63, 3.8) is 0 Å². The van der Waals surface area contributed by atoms with E-state index in [0.29, 0.717) is 0 Å². The highest BCUT2D eigenvalue weighted by atomic mass is 32.1. The largest absolute Gasteiger partial charge is 0.377 e. The lowest BCUT2D eigenvalue weighted by atomic mass is 10.2. The fraction of sp³-hybridized carbons (Fsp3) is 0. The number of thiocarbonyl (C=S) groups is 1. The maximum absolute atomic E-state index is 4.62. The predicted octanol–water partition coefficient (Wildman–Crippen LogP) is 1.42. The van der Waals surface area contributed by atoms with Crippen LogP contribution in [0.4, 0.5) is 0 Å². The highest BCUT2D eigenvalue weighted by Gasteiger charge is 1.86. The van der Waals surface area contributed by atoms with Crippen molar-refractivity contribution in [3.8, 4) is 0 Å². The van der Waals surface area contributed by atoms with E-state index in [4.69, 9.17) is 0 Å². The van der Waals surface area contributed by atoms with Gasteiger partial charge in [0.25, 0.3) is 0 Å². The van der Waals surface area contributed by atoms with Crippen molar-refractivity contribution >= 4 is 28.1 Å². The van der Waals surface area contributed by atoms with Gasteiger partial charge in [0.05, 0.1) is 0 Å². The van der Waals surface area contributed by atoms with Crippen LogP contribution in [0.5, 0.6) is 0 Å². The summed E-state index contributed by atoms with van der Waals surface area (Å²) in [5.41, 5.74) is 9.24. The second-order valence-corrected chi connectivity index (χ2v) is 3.10. The Morgan fingerprint density at radius 1 is 1.07 bits per heavy atom. The molecular formula is C10H11N3S. The van der Waals surface area contributed by atoms with Crippen LogP contribution in [0.3, 0.4) is 0 Å². The minimum absolute atomic E-state index is 0.000000000000000222. The Morgan fingerprint density at radius 2 is 1.64 bits per heavy atom. The Labute approximate surface area is 87.7 Å². The van der Waals surface area contributed by atoms with E-state index < -0.39 is 0 Å². The number of rotatable bonds is 0. The lowest BCUT2D eigenvalue weighted by molar-refractivity contribution is 1.36. The van der Waals surface area contributed by atoms with Gasteiger partial charge >= 0.3 is 0 Å². The third kappa shape index (κ3) is 3.37. The van der Waals surface area contributed by atoms with Crippen LogP contribution in [0.15, 0.2) is 42.7 Å². The molecule has 2 rings (SSSR count). The molecule has 4 heteroatoms. The molecule has 0 saturated carbocycles. The molecule has 0 fully saturated rings. The van der Waals surface area contributed by atoms with Crippen molar-refractivity contribution in [2.45, 2.75) is 0 Å². The van der Waals surface area contributed by atoms with E-state index in [2.05, 4.69) is 40.8 Å². The van der Waals surface area contributed by atoms with E-state index in [1.807, 2.05) is 30.6 Å². The van der Waals surface area contributed by atoms with Gasteiger partial charge in [0, 0.05) is 12.4 Å². The normalized spacial score (nSPS) is 8.86. The summed E-state index contributed by atoms with van der Waals surface area (Å²) in [6, 6.07) is 10.2. The molecule has 0 saturated heterocycles. The summed E-state index contributed by atoms with van der Waals surface area (Å²) in [6.45, 7) is 0. The van der Waals surface area contributed by atoms with Gasteiger partial charge in [0.1, 0.15) is 0 Å². The van der Waals surface area contributed by atoms with E-state index >= 15 is 0 Å². The molecule has 0 aliphatic heterocycles. The van der Waals surface area contributed by atoms with Crippen LogP contribution >= 0.6 is 12.2 Å². The maximum atomic E-state index is 4.62. The van der Waals surface area contributed by atoms with Gasteiger partial charge in [0.2, 0.25) is 0 Å². The van der Waals surface area contributed by atoms with Crippen molar-refractivity contribution in [1.29, 1.82) is 0 Å². The molecule has 1 aromatic heterocycles. The topological polar surface area (TPSA) is 64.9 Å². The number of nitrogens with zero attached hydrogens (tertiary/aromatic N) is 1. The molecule has 3 nitrogen and oxygen atoms in total. The van der Waals surface area contributed by atoms with E-state index in [1.54, 1.807) is 0 Å². The second-order valence-electron chi connectivity index (χ2n) is 2.63. The summed E-state index contributed by atoms with van der Waals surface area (Å²) in [4.78, 5) is 4.01. The quantitative estimate of drug-likeness (QED) is 0.638. The van der Waals surface area contributed by atoms with Crippen molar-refractivity contribution in [2.75, 3.05) is 0 Å². The van der Waals surface area contributed by atoms with Gasteiger partial charge in [-0.15, -0.1) is 0 Å². The molecule has 2 aromatic rings. The van der Waals surface area contributed by atoms with Crippen LogP contribution in [-0.4, -0.2) is 10.1 Å². The van der Waals surface area contributed by atoms with Crippen molar-refractivity contribution in [1.82, 2.24) is 4.98 Å². The summed E-state index contributed by atoms with van der Waals surface area (Å²) >= 11 is 4.09. The van der Waals surface area contributed by atoms with Gasteiger partial charge in [-0.25, -0.2) is 0 Å². The van der Waals surface area contributed by atoms with Crippen molar-refractivity contribution in [3.05, 3.63) is 42.7 Å². The lowest BCUT2D eigenvalue weighted by Crippen LogP contribution is -2.18. The smallest absolute Gasteiger partial charge is 0.160 e. The zero-order valence-corrected chi connectivity index (χ0v) is 8.37. The molecule has 14 heavy (non-hydrogen) atoms. The maximum Gasteiger partial charge on any atom is 0.160 e. The Bertz CT molecular complexity index is 359. The van der Waals surface area contributed by atoms with Gasteiger partial charge in [-0.2, -0.15) is 0 Å². The molecule has 72 valence electrons. The monoisotopic (exact) mass is 205 g/mol. The van der Waals surface area contributed by atoms with Crippen LogP contribution < -0.4 is 11.5 Å². The average molecular weight is 205 g/mol. The van der Waals surface area contributed by atoms with Gasteiger partial charge in [0.15, 0.2) is 5.11 Å². The third-order valence-corrected chi connectivity index (χ3v) is 1.55. The fourth-order valence-electron chi connectivity index (χ4n) is 1.03. The van der Waals surface area contributed by atoms with Gasteiger partial charge in [-0.05, 0) is 29.1 Å². The van der Waals surface area contributed by atoms with E-state index in [0.717, 1.165) is 0 Å². The Morgan fingerprint density at radius 3 is 2.21 bits per heavy atom. The fourth-order valence-corrected chi connectivity index (χ4v) is 1.03. The summed E-state index contributed by atoms with van der Waals surface area (Å²) < 4.78 is 0. The van der Waals surface area contributed by atoms with Crippen LogP contribution in [-0.2, 0) is 0 Å². The first kappa shape index (κ1) is 10.4. The first-order valence-corrected chi connectivity index (χ1v) is 4.44. The van der Waals surface area contributed by atoms with Gasteiger partial charge in [-0.3, -0.25) is 4.98 Å². The number of aromatic nitrogens is 1. The summed E-state index contributed by atoms with van der Waals surface area (Å²) in [6.07, 6.45) is 3.68. The number of fused-ring (bicyclic) bond motifs is 1. The molecule has 0 radical (unpaired) electrons. The molecule has 0 aliphatic rings. The molecule has 1 aromatic carbocycles. The molecule has 0 bridgehead atoms. The highest BCUT2D eigenvalue weighted by Crippen LogP contribution is 2.09. The standard InChI is InChI=1S/C9H7N.CH4N2S/c1-2-4-9-7-10-6-5-8(9)3-1;2-1(3)4/h1-7H;(H4,2,3,4). The van der Waals surface area contributed by atoms with E-state index in [-0.39, 0.29) is 5.11 Å². The highest BCUT2D eigenvalue weighted by molar-refractivity contribution is 7.80. The summed E-state index contributed by atoms with van der Waals surface area (Å²) in [7, 11) is 0. The van der Waals surface area contributed by atoms with Crippen LogP contribution in [0.1, 0.15) is 0 Å². The van der Waals surface area contributed by atoms with Gasteiger partial charge in [-0.1, -0.05) is 24.3 Å². The summed E-state index contributed by atoms with van der Waals surface area (Å²) in [5.74, 6) is 0. The number of hydrogen-bond acceptors (Lipinski definition) is 2. The molecule has 0 atom stereocenters. The molecule has 0 spiro atoms. The summed E-state index contributed by atoms with van der Waals surface area (Å²) in [5, 5.41) is 2.45. The number of hydrogen-bond donors (Lipinski definition) is 2. The number of pyridine rings is 1. The zero-order chi connectivity index (χ0) is 10.4. The Kier molecular flexibility index (Phi) is 3.82. The number of nitrogens with two attached hydrogens (primary N) is 2. The number of benzene rings is 1. The van der Waals surface area contributed by atoms with E-state index in [1.165, 1.54) is 10.8 Å². The first-order valence-electron chi connectivity index (χ1n) is 4.04. The predicted molar refractivity (Wildman–Crippen MR) is 62.7 cm³/mol. The molecule has 0 aliphatic carbocycles. The lowest BCUT2D eigenvalue weighted by Gasteiger charge is -1.91. The second kappa shape index (κ2) is 5.14. The van der Waals surface area contributed by atoms with Crippen LogP contribution in [0.2, 0.25) is 0 Å². The molecule has 1 heterocycles. The molecule has 0 amide bonds. The third-order valence-electron chi connectivity index (χ3n) is 1.55. The van der Waals surface area contributed by atoms with Gasteiger partial charge < -0.3 is 11.5 Å². The van der Waals surface area contributed by atoms with Crippen LogP contribution in [0, 0.1) is 0 Å². The average Bonchev–Trinajstić information content (AvgIpc) is 2.17. The Hall–Kier alpha value is -1.68. The SMILES string of the molecule is NC(N)=S.c1ccc2cnccc2c1. The van der Waals surface area contributed by atoms with Crippen LogP contribution in [0.25, 0.3) is 10.8 Å². The Balaban J connectivity index is 0.000000213. The molecule has 4 N–H and O–H groups in total. The molecular weight excluding hydrogens is 194 g/mol. The van der Waals surface area contributed by atoms with Crippen molar-refractivity contribution in [2.24, 2.45) is 11.5 Å². The van der Waals surface area contributed by atoms with E-state index in [9.17, 15) is 0 Å². The van der Waals surface area contributed by atoms with Crippen molar-refractivity contribution < 1.29 is 0 Å². The minimum atomic E-state index is 0.000000000000000222. The zero-order valence-electron chi connectivity index (χ0n) is 7.55. The molecule has 0 unspecified atom stereocenters. The minimum Gasteiger partial charge on any atom is -0.377 e.